The average Bonchev–Trinajstić information content (AvgIpc) is 2.62. The predicted octanol–water partition coefficient (Wildman–Crippen LogP) is 2.67. The first kappa shape index (κ1) is 16.2. The van der Waals surface area contributed by atoms with Gasteiger partial charge in [-0.2, -0.15) is 0 Å². The molecular weight excluding hydrogens is 293 g/mol. The van der Waals surface area contributed by atoms with Gasteiger partial charge in [-0.15, -0.1) is 0 Å². The number of morpholine rings is 1. The fraction of sp³-hybridized carbons (Fsp3) is 0.611. The molecule has 2 N–H and O–H groups in total. The second-order valence-corrected chi connectivity index (χ2v) is 6.62. The summed E-state index contributed by atoms with van der Waals surface area (Å²) in [4.78, 5) is 6.80. The summed E-state index contributed by atoms with van der Waals surface area (Å²) in [5.74, 6) is 0.427. The fourth-order valence-corrected chi connectivity index (χ4v) is 3.69. The van der Waals surface area contributed by atoms with Gasteiger partial charge in [0.05, 0.1) is 19.8 Å². The summed E-state index contributed by atoms with van der Waals surface area (Å²) in [7, 11) is 0. The van der Waals surface area contributed by atoms with Gasteiger partial charge in [-0.1, -0.05) is 31.4 Å². The van der Waals surface area contributed by atoms with Crippen molar-refractivity contribution in [3.8, 4) is 0 Å². The lowest BCUT2D eigenvalue weighted by Crippen LogP contribution is -2.45. The number of nitrogens with zero attached hydrogens (tertiary/aromatic N) is 2. The number of guanidine groups is 1. The van der Waals surface area contributed by atoms with Gasteiger partial charge in [0.2, 0.25) is 0 Å². The lowest BCUT2D eigenvalue weighted by molar-refractivity contribution is 0.0673. The van der Waals surface area contributed by atoms with Gasteiger partial charge >= 0.3 is 0 Å². The van der Waals surface area contributed by atoms with Crippen molar-refractivity contribution in [2.45, 2.75) is 37.5 Å². The van der Waals surface area contributed by atoms with Gasteiger partial charge in [-0.05, 0) is 30.5 Å². The summed E-state index contributed by atoms with van der Waals surface area (Å²) in [6, 6.07) is 6.95. The number of benzene rings is 1. The van der Waals surface area contributed by atoms with Gasteiger partial charge in [0.25, 0.3) is 0 Å². The zero-order valence-corrected chi connectivity index (χ0v) is 13.6. The Labute approximate surface area is 137 Å². The van der Waals surface area contributed by atoms with Crippen LogP contribution in [-0.4, -0.2) is 43.7 Å². The smallest absolute Gasteiger partial charge is 0.191 e. The second kappa shape index (κ2) is 7.30. The van der Waals surface area contributed by atoms with Crippen LogP contribution < -0.4 is 5.73 Å². The maximum atomic E-state index is 13.3. The summed E-state index contributed by atoms with van der Waals surface area (Å²) in [5.41, 5.74) is 7.38. The highest BCUT2D eigenvalue weighted by molar-refractivity contribution is 5.78. The molecule has 1 saturated heterocycles. The zero-order valence-electron chi connectivity index (χ0n) is 13.6. The zero-order chi connectivity index (χ0) is 16.1. The van der Waals surface area contributed by atoms with Crippen LogP contribution in [0.1, 0.15) is 37.7 Å². The number of halogens is 1. The van der Waals surface area contributed by atoms with Crippen molar-refractivity contribution in [3.05, 3.63) is 35.6 Å². The third-order valence-corrected chi connectivity index (χ3v) is 5.15. The highest BCUT2D eigenvalue weighted by Gasteiger charge is 2.34. The molecule has 2 aliphatic rings. The Morgan fingerprint density at radius 2 is 1.78 bits per heavy atom. The minimum atomic E-state index is -0.184. The van der Waals surface area contributed by atoms with Crippen molar-refractivity contribution in [3.63, 3.8) is 0 Å². The molecule has 1 aromatic rings. The molecule has 2 fully saturated rings. The summed E-state index contributed by atoms with van der Waals surface area (Å²) < 4.78 is 18.6. The van der Waals surface area contributed by atoms with Gasteiger partial charge in [0.1, 0.15) is 5.82 Å². The quantitative estimate of drug-likeness (QED) is 0.688. The summed E-state index contributed by atoms with van der Waals surface area (Å²) in [5, 5.41) is 0. The molecule has 0 amide bonds. The van der Waals surface area contributed by atoms with E-state index in [1.54, 1.807) is 12.1 Å². The molecule has 0 unspecified atom stereocenters. The van der Waals surface area contributed by atoms with E-state index in [-0.39, 0.29) is 11.2 Å². The van der Waals surface area contributed by atoms with E-state index in [1.165, 1.54) is 24.8 Å². The van der Waals surface area contributed by atoms with Crippen LogP contribution in [0, 0.1) is 5.82 Å². The predicted molar refractivity (Wildman–Crippen MR) is 90.0 cm³/mol. The molecule has 4 nitrogen and oxygen atoms in total. The third-order valence-electron chi connectivity index (χ3n) is 5.15. The highest BCUT2D eigenvalue weighted by Crippen LogP contribution is 2.39. The van der Waals surface area contributed by atoms with E-state index in [2.05, 4.69) is 4.90 Å². The van der Waals surface area contributed by atoms with Crippen LogP contribution in [0.5, 0.6) is 0 Å². The van der Waals surface area contributed by atoms with Gasteiger partial charge < -0.3 is 15.4 Å². The van der Waals surface area contributed by atoms with Crippen molar-refractivity contribution < 1.29 is 9.13 Å². The number of hydrogen-bond donors (Lipinski definition) is 1. The molecular formula is C18H26FN3O. The van der Waals surface area contributed by atoms with Crippen LogP contribution in [0.2, 0.25) is 0 Å². The minimum Gasteiger partial charge on any atom is -0.378 e. The Bertz CT molecular complexity index is 532. The molecule has 0 atom stereocenters. The van der Waals surface area contributed by atoms with E-state index in [0.717, 1.165) is 25.9 Å². The van der Waals surface area contributed by atoms with Crippen LogP contribution in [0.4, 0.5) is 4.39 Å². The number of aliphatic imine (C=N–C) groups is 1. The van der Waals surface area contributed by atoms with Crippen LogP contribution in [0.3, 0.4) is 0 Å². The molecule has 1 aliphatic carbocycles. The first-order valence-corrected chi connectivity index (χ1v) is 8.58. The molecule has 1 aromatic carbocycles. The monoisotopic (exact) mass is 319 g/mol. The molecule has 0 bridgehead atoms. The fourth-order valence-electron chi connectivity index (χ4n) is 3.69. The van der Waals surface area contributed by atoms with Crippen LogP contribution >= 0.6 is 0 Å². The first-order chi connectivity index (χ1) is 11.2. The van der Waals surface area contributed by atoms with Crippen molar-refractivity contribution in [2.24, 2.45) is 10.7 Å². The Morgan fingerprint density at radius 3 is 2.43 bits per heavy atom. The molecule has 1 saturated carbocycles. The van der Waals surface area contributed by atoms with Gasteiger partial charge in [0, 0.05) is 18.5 Å². The lowest BCUT2D eigenvalue weighted by Gasteiger charge is -2.37. The molecule has 0 radical (unpaired) electrons. The topological polar surface area (TPSA) is 50.8 Å². The number of ether oxygens (including phenoxy) is 1. The SMILES string of the molecule is NC(=NCC1(c2ccc(F)cc2)CCCCC1)N1CCOCC1. The van der Waals surface area contributed by atoms with Gasteiger partial charge in [-0.25, -0.2) is 4.39 Å². The second-order valence-electron chi connectivity index (χ2n) is 6.62. The van der Waals surface area contributed by atoms with E-state index < -0.39 is 0 Å². The molecule has 23 heavy (non-hydrogen) atoms. The number of hydrogen-bond acceptors (Lipinski definition) is 2. The van der Waals surface area contributed by atoms with Crippen molar-refractivity contribution in [1.82, 2.24) is 4.90 Å². The van der Waals surface area contributed by atoms with Crippen LogP contribution in [0.25, 0.3) is 0 Å². The largest absolute Gasteiger partial charge is 0.378 e. The summed E-state index contributed by atoms with van der Waals surface area (Å²) >= 11 is 0. The third kappa shape index (κ3) is 3.83. The van der Waals surface area contributed by atoms with Crippen LogP contribution in [0.15, 0.2) is 29.3 Å². The Balaban J connectivity index is 1.77. The molecule has 126 valence electrons. The van der Waals surface area contributed by atoms with Crippen molar-refractivity contribution >= 4 is 5.96 Å². The molecule has 0 aromatic heterocycles. The lowest BCUT2D eigenvalue weighted by atomic mass is 9.69. The van der Waals surface area contributed by atoms with Gasteiger partial charge in [0.15, 0.2) is 5.96 Å². The molecule has 5 heteroatoms. The molecule has 3 rings (SSSR count). The normalized spacial score (nSPS) is 22.1. The average molecular weight is 319 g/mol. The number of nitrogens with two attached hydrogens (primary N) is 1. The van der Waals surface area contributed by atoms with E-state index in [9.17, 15) is 4.39 Å². The summed E-state index contributed by atoms with van der Waals surface area (Å²) in [6.07, 6.45) is 5.86. The standard InChI is InChI=1S/C18H26FN3O/c19-16-6-4-15(5-7-16)18(8-2-1-3-9-18)14-21-17(20)22-10-12-23-13-11-22/h4-7H,1-3,8-14H2,(H2,20,21). The van der Waals surface area contributed by atoms with E-state index in [1.807, 2.05) is 12.1 Å². The summed E-state index contributed by atoms with van der Waals surface area (Å²) in [6.45, 7) is 3.71. The minimum absolute atomic E-state index is 0.00283. The Hall–Kier alpha value is -1.62. The highest BCUT2D eigenvalue weighted by atomic mass is 19.1. The Morgan fingerprint density at radius 1 is 1.13 bits per heavy atom. The maximum Gasteiger partial charge on any atom is 0.191 e. The van der Waals surface area contributed by atoms with Gasteiger partial charge in [-0.3, -0.25) is 4.99 Å². The van der Waals surface area contributed by atoms with Crippen molar-refractivity contribution in [2.75, 3.05) is 32.8 Å². The van der Waals surface area contributed by atoms with Crippen LogP contribution in [-0.2, 0) is 10.2 Å². The maximum absolute atomic E-state index is 13.3. The first-order valence-electron chi connectivity index (χ1n) is 8.58. The van der Waals surface area contributed by atoms with E-state index in [4.69, 9.17) is 15.5 Å². The Kier molecular flexibility index (Phi) is 5.16. The molecule has 0 spiro atoms. The van der Waals surface area contributed by atoms with Crippen molar-refractivity contribution in [1.29, 1.82) is 0 Å². The van der Waals surface area contributed by atoms with E-state index in [0.29, 0.717) is 25.7 Å². The number of rotatable bonds is 3. The molecule has 1 aliphatic heterocycles. The van der Waals surface area contributed by atoms with E-state index >= 15 is 0 Å². The molecule has 1 heterocycles.